The van der Waals surface area contributed by atoms with Crippen molar-refractivity contribution in [2.45, 2.75) is 63.9 Å². The molecule has 0 saturated heterocycles. The predicted molar refractivity (Wildman–Crippen MR) is 124 cm³/mol. The van der Waals surface area contributed by atoms with Crippen LogP contribution in [0.15, 0.2) is 28.0 Å². The standard InChI is InChI=1S/C23H25F2NO5S.CH4/c1-3-4-5-6-7-8-14-18(13-9-10-15(24)16(25)11-13)21-26(20(27)19(14)22(28)29)17(12-32-21)23(30)31-2;/h9-11,17H,3-8,12H2,1-2H3,(H,28,29);1H4/t17-;/m0./s1. The van der Waals surface area contributed by atoms with Crippen LogP contribution in [0.1, 0.15) is 68.4 Å². The summed E-state index contributed by atoms with van der Waals surface area (Å²) in [5, 5.41) is 10.3. The van der Waals surface area contributed by atoms with Crippen LogP contribution in [0, 0.1) is 11.6 Å². The average molecular weight is 482 g/mol. The SMILES string of the molecule is C.CCCCCCCc1c(-c2ccc(F)c(F)c2)c2n(c(=O)c1C(=O)O)[C@H](C(=O)OC)CS2. The summed E-state index contributed by atoms with van der Waals surface area (Å²) in [4.78, 5) is 37.6. The van der Waals surface area contributed by atoms with Crippen molar-refractivity contribution in [2.75, 3.05) is 12.9 Å². The third kappa shape index (κ3) is 5.29. The van der Waals surface area contributed by atoms with Gasteiger partial charge in [0.15, 0.2) is 11.6 Å². The van der Waals surface area contributed by atoms with E-state index in [0.29, 0.717) is 23.4 Å². The van der Waals surface area contributed by atoms with Crippen LogP contribution in [0.5, 0.6) is 0 Å². The Morgan fingerprint density at radius 3 is 2.48 bits per heavy atom. The van der Waals surface area contributed by atoms with Gasteiger partial charge in [0.25, 0.3) is 5.56 Å². The van der Waals surface area contributed by atoms with Gasteiger partial charge in [-0.15, -0.1) is 11.8 Å². The van der Waals surface area contributed by atoms with Crippen LogP contribution in [-0.2, 0) is 16.0 Å². The number of aromatic carboxylic acids is 1. The van der Waals surface area contributed by atoms with E-state index in [1.165, 1.54) is 24.9 Å². The molecular weight excluding hydrogens is 452 g/mol. The number of aromatic nitrogens is 1. The molecule has 6 nitrogen and oxygen atoms in total. The van der Waals surface area contributed by atoms with Crippen LogP contribution in [0.4, 0.5) is 8.78 Å². The second kappa shape index (κ2) is 11.4. The maximum Gasteiger partial charge on any atom is 0.341 e. The number of carboxylic acid groups (broad SMARTS) is 1. The van der Waals surface area contributed by atoms with E-state index in [2.05, 4.69) is 6.92 Å². The third-order valence-corrected chi connectivity index (χ3v) is 6.74. The first-order chi connectivity index (χ1) is 15.3. The monoisotopic (exact) mass is 481 g/mol. The highest BCUT2D eigenvalue weighted by Gasteiger charge is 2.37. The number of ether oxygens (including phenoxy) is 1. The fourth-order valence-electron chi connectivity index (χ4n) is 4.01. The average Bonchev–Trinajstić information content (AvgIpc) is 3.20. The molecule has 33 heavy (non-hydrogen) atoms. The number of methoxy groups -OCH3 is 1. The van der Waals surface area contributed by atoms with Crippen molar-refractivity contribution in [1.29, 1.82) is 0 Å². The molecule has 2 aromatic rings. The Labute approximate surface area is 196 Å². The first kappa shape index (κ1) is 26.6. The summed E-state index contributed by atoms with van der Waals surface area (Å²) in [7, 11) is 1.19. The normalized spacial score (nSPS) is 14.5. The van der Waals surface area contributed by atoms with Crippen molar-refractivity contribution in [3.63, 3.8) is 0 Å². The van der Waals surface area contributed by atoms with Crippen molar-refractivity contribution in [3.05, 3.63) is 51.3 Å². The number of nitrogens with zero attached hydrogens (tertiary/aromatic N) is 1. The number of carboxylic acids is 1. The first-order valence-corrected chi connectivity index (χ1v) is 11.5. The molecule has 2 heterocycles. The molecule has 0 unspecified atom stereocenters. The van der Waals surface area contributed by atoms with E-state index in [-0.39, 0.29) is 24.3 Å². The zero-order valence-electron chi connectivity index (χ0n) is 18.0. The molecule has 1 aromatic carbocycles. The molecule has 0 radical (unpaired) electrons. The highest BCUT2D eigenvalue weighted by Crippen LogP contribution is 2.42. The Morgan fingerprint density at radius 2 is 1.88 bits per heavy atom. The molecule has 1 N–H and O–H groups in total. The van der Waals surface area contributed by atoms with Gasteiger partial charge in [-0.05, 0) is 36.1 Å². The van der Waals surface area contributed by atoms with E-state index in [1.807, 2.05) is 0 Å². The predicted octanol–water partition coefficient (Wildman–Crippen LogP) is 5.46. The third-order valence-electron chi connectivity index (χ3n) is 5.58. The van der Waals surface area contributed by atoms with E-state index in [0.717, 1.165) is 42.4 Å². The van der Waals surface area contributed by atoms with Crippen molar-refractivity contribution < 1.29 is 28.2 Å². The highest BCUT2D eigenvalue weighted by molar-refractivity contribution is 7.99. The number of benzene rings is 1. The van der Waals surface area contributed by atoms with Gasteiger partial charge in [0, 0.05) is 11.3 Å². The van der Waals surface area contributed by atoms with Gasteiger partial charge in [-0.25, -0.2) is 18.4 Å². The quantitative estimate of drug-likeness (QED) is 0.378. The fraction of sp³-hybridized carbons (Fsp3) is 0.458. The number of esters is 1. The maximum absolute atomic E-state index is 14.1. The topological polar surface area (TPSA) is 85.6 Å². The number of rotatable bonds is 9. The fourth-order valence-corrected chi connectivity index (χ4v) is 5.34. The Hall–Kier alpha value is -2.68. The number of carbonyl (C=O) groups excluding carboxylic acids is 1. The molecule has 0 fully saturated rings. The number of pyridine rings is 1. The van der Waals surface area contributed by atoms with Crippen LogP contribution in [0.3, 0.4) is 0 Å². The molecule has 0 amide bonds. The van der Waals surface area contributed by atoms with Gasteiger partial charge in [0.2, 0.25) is 0 Å². The van der Waals surface area contributed by atoms with Crippen LogP contribution in [0.25, 0.3) is 11.1 Å². The molecular formula is C24H29F2NO5S. The van der Waals surface area contributed by atoms with E-state index < -0.39 is 40.7 Å². The molecule has 1 aliphatic heterocycles. The van der Waals surface area contributed by atoms with Crippen LogP contribution in [-0.4, -0.2) is 34.5 Å². The molecule has 3 rings (SSSR count). The van der Waals surface area contributed by atoms with Gasteiger partial charge in [-0.1, -0.05) is 46.1 Å². The number of fused-ring (bicyclic) bond motifs is 1. The summed E-state index contributed by atoms with van der Waals surface area (Å²) >= 11 is 1.20. The van der Waals surface area contributed by atoms with Crippen LogP contribution in [0.2, 0.25) is 0 Å². The summed E-state index contributed by atoms with van der Waals surface area (Å²) in [6.07, 6.45) is 4.86. The number of hydrogen-bond acceptors (Lipinski definition) is 5. The Bertz CT molecular complexity index is 1100. The molecule has 0 saturated carbocycles. The van der Waals surface area contributed by atoms with Gasteiger partial charge in [-0.2, -0.15) is 0 Å². The summed E-state index contributed by atoms with van der Waals surface area (Å²) in [5.41, 5.74) is -0.332. The Kier molecular flexibility index (Phi) is 9.22. The summed E-state index contributed by atoms with van der Waals surface area (Å²) in [6.45, 7) is 2.08. The molecule has 1 atom stereocenters. The number of thioether (sulfide) groups is 1. The molecule has 0 bridgehead atoms. The highest BCUT2D eigenvalue weighted by atomic mass is 32.2. The molecule has 0 spiro atoms. The number of carbonyl (C=O) groups is 2. The van der Waals surface area contributed by atoms with Crippen LogP contribution >= 0.6 is 11.8 Å². The zero-order chi connectivity index (χ0) is 23.4. The maximum atomic E-state index is 14.1. The second-order valence-corrected chi connectivity index (χ2v) is 8.67. The van der Waals surface area contributed by atoms with Gasteiger partial charge in [0.1, 0.15) is 11.6 Å². The number of hydrogen-bond donors (Lipinski definition) is 1. The van der Waals surface area contributed by atoms with E-state index in [9.17, 15) is 28.3 Å². The van der Waals surface area contributed by atoms with E-state index in [1.54, 1.807) is 0 Å². The van der Waals surface area contributed by atoms with Gasteiger partial charge in [0.05, 0.1) is 12.1 Å². The van der Waals surface area contributed by atoms with E-state index in [4.69, 9.17) is 4.74 Å². The zero-order valence-corrected chi connectivity index (χ0v) is 18.8. The van der Waals surface area contributed by atoms with Crippen LogP contribution < -0.4 is 5.56 Å². The minimum Gasteiger partial charge on any atom is -0.477 e. The smallest absolute Gasteiger partial charge is 0.341 e. The molecule has 1 aromatic heterocycles. The largest absolute Gasteiger partial charge is 0.477 e. The molecule has 9 heteroatoms. The minimum absolute atomic E-state index is 0. The lowest BCUT2D eigenvalue weighted by molar-refractivity contribution is -0.143. The summed E-state index contributed by atoms with van der Waals surface area (Å²) < 4.78 is 33.6. The Balaban J connectivity index is 0.00000385. The van der Waals surface area contributed by atoms with Crippen molar-refractivity contribution >= 4 is 23.7 Å². The Morgan fingerprint density at radius 1 is 1.18 bits per heavy atom. The lowest BCUT2D eigenvalue weighted by Crippen LogP contribution is -2.34. The molecule has 180 valence electrons. The minimum atomic E-state index is -1.42. The van der Waals surface area contributed by atoms with Crippen molar-refractivity contribution in [1.82, 2.24) is 4.57 Å². The van der Waals surface area contributed by atoms with E-state index >= 15 is 0 Å². The van der Waals surface area contributed by atoms with Gasteiger partial charge < -0.3 is 9.84 Å². The molecule has 1 aliphatic rings. The number of unbranched alkanes of at least 4 members (excludes halogenated alkanes) is 4. The summed E-state index contributed by atoms with van der Waals surface area (Å²) in [5.74, 6) is -4.02. The van der Waals surface area contributed by atoms with Crippen molar-refractivity contribution in [2.24, 2.45) is 0 Å². The number of halogens is 2. The van der Waals surface area contributed by atoms with Gasteiger partial charge in [-0.3, -0.25) is 9.36 Å². The second-order valence-electron chi connectivity index (χ2n) is 7.66. The molecule has 0 aliphatic carbocycles. The summed E-state index contributed by atoms with van der Waals surface area (Å²) in [6, 6.07) is 2.33. The lowest BCUT2D eigenvalue weighted by Gasteiger charge is -2.20. The first-order valence-electron chi connectivity index (χ1n) is 10.5. The lowest BCUT2D eigenvalue weighted by atomic mass is 9.92. The van der Waals surface area contributed by atoms with Crippen molar-refractivity contribution in [3.8, 4) is 11.1 Å². The van der Waals surface area contributed by atoms with Gasteiger partial charge >= 0.3 is 11.9 Å².